The Morgan fingerprint density at radius 3 is 2.86 bits per heavy atom. The molecule has 1 heterocycles. The van der Waals surface area contributed by atoms with Crippen LogP contribution in [0.25, 0.3) is 5.69 Å². The topological polar surface area (TPSA) is 67.6 Å². The van der Waals surface area contributed by atoms with Gasteiger partial charge < -0.3 is 14.7 Å². The molecule has 1 aromatic heterocycles. The van der Waals surface area contributed by atoms with Gasteiger partial charge in [0.25, 0.3) is 5.91 Å². The molecular formula is C15H18FN3O3. The summed E-state index contributed by atoms with van der Waals surface area (Å²) in [5.41, 5.74) is 0.444. The quantitative estimate of drug-likeness (QED) is 0.867. The molecular weight excluding hydrogens is 289 g/mol. The second-order valence-electron chi connectivity index (χ2n) is 4.89. The van der Waals surface area contributed by atoms with Gasteiger partial charge >= 0.3 is 0 Å². The van der Waals surface area contributed by atoms with E-state index in [0.717, 1.165) is 0 Å². The summed E-state index contributed by atoms with van der Waals surface area (Å²) in [6, 6.07) is 7.68. The Hall–Kier alpha value is -2.25. The Morgan fingerprint density at radius 2 is 2.18 bits per heavy atom. The van der Waals surface area contributed by atoms with Crippen LogP contribution in [0.1, 0.15) is 10.5 Å². The Morgan fingerprint density at radius 1 is 1.45 bits per heavy atom. The van der Waals surface area contributed by atoms with E-state index in [0.29, 0.717) is 0 Å². The van der Waals surface area contributed by atoms with Gasteiger partial charge in [0.15, 0.2) is 5.69 Å². The van der Waals surface area contributed by atoms with Crippen molar-refractivity contribution in [2.45, 2.75) is 6.10 Å². The minimum Gasteiger partial charge on any atom is -0.389 e. The summed E-state index contributed by atoms with van der Waals surface area (Å²) in [6.45, 7) is 0.264. The number of halogens is 1. The molecule has 0 aliphatic carbocycles. The van der Waals surface area contributed by atoms with Gasteiger partial charge in [0.2, 0.25) is 0 Å². The van der Waals surface area contributed by atoms with Gasteiger partial charge in [0.1, 0.15) is 11.5 Å². The molecule has 0 radical (unpaired) electrons. The lowest BCUT2D eigenvalue weighted by atomic mass is 10.3. The monoisotopic (exact) mass is 307 g/mol. The number of rotatable bonds is 6. The number of para-hydroxylation sites is 1. The minimum absolute atomic E-state index is 0.124. The van der Waals surface area contributed by atoms with Crippen LogP contribution in [0, 0.1) is 5.82 Å². The van der Waals surface area contributed by atoms with Gasteiger partial charge in [-0.15, -0.1) is 0 Å². The number of hydrogen-bond acceptors (Lipinski definition) is 4. The van der Waals surface area contributed by atoms with E-state index < -0.39 is 11.9 Å². The third kappa shape index (κ3) is 3.69. The van der Waals surface area contributed by atoms with E-state index in [1.54, 1.807) is 25.2 Å². The Labute approximate surface area is 127 Å². The Balaban J connectivity index is 2.11. The maximum Gasteiger partial charge on any atom is 0.274 e. The molecule has 1 aromatic carbocycles. The minimum atomic E-state index is -0.771. The van der Waals surface area contributed by atoms with Crippen molar-refractivity contribution in [3.8, 4) is 5.69 Å². The van der Waals surface area contributed by atoms with Gasteiger partial charge in [-0.25, -0.2) is 9.07 Å². The van der Waals surface area contributed by atoms with Crippen molar-refractivity contribution >= 4 is 5.91 Å². The predicted molar refractivity (Wildman–Crippen MR) is 78.4 cm³/mol. The second-order valence-corrected chi connectivity index (χ2v) is 4.89. The average Bonchev–Trinajstić information content (AvgIpc) is 2.96. The number of carbonyl (C=O) groups is 1. The average molecular weight is 307 g/mol. The lowest BCUT2D eigenvalue weighted by Crippen LogP contribution is -2.36. The van der Waals surface area contributed by atoms with Crippen LogP contribution < -0.4 is 0 Å². The molecule has 2 aromatic rings. The molecule has 0 saturated carbocycles. The lowest BCUT2D eigenvalue weighted by molar-refractivity contribution is 0.0377. The van der Waals surface area contributed by atoms with Crippen LogP contribution in [0.3, 0.4) is 0 Å². The standard InChI is InChI=1S/C15H18FN3O3/c1-18(9-11(20)10-22-2)15(21)13-7-8-19(17-13)14-6-4-3-5-12(14)16/h3-8,11,20H,9-10H2,1-2H3. The number of amides is 1. The molecule has 0 aliphatic heterocycles. The van der Waals surface area contributed by atoms with E-state index in [9.17, 15) is 14.3 Å². The van der Waals surface area contributed by atoms with E-state index in [4.69, 9.17) is 4.74 Å². The van der Waals surface area contributed by atoms with Gasteiger partial charge in [-0.1, -0.05) is 12.1 Å². The number of ether oxygens (including phenoxy) is 1. The van der Waals surface area contributed by atoms with Gasteiger partial charge in [0, 0.05) is 26.9 Å². The predicted octanol–water partition coefficient (Wildman–Crippen LogP) is 1.09. The fraction of sp³-hybridized carbons (Fsp3) is 0.333. The fourth-order valence-electron chi connectivity index (χ4n) is 2.05. The third-order valence-electron chi connectivity index (χ3n) is 3.10. The second kappa shape index (κ2) is 7.15. The summed E-state index contributed by atoms with van der Waals surface area (Å²) in [6.07, 6.45) is 0.748. The zero-order valence-electron chi connectivity index (χ0n) is 12.4. The molecule has 2 rings (SSSR count). The number of aromatic nitrogens is 2. The van der Waals surface area contributed by atoms with Crippen molar-refractivity contribution in [3.05, 3.63) is 48.0 Å². The van der Waals surface area contributed by atoms with Crippen LogP contribution in [0.4, 0.5) is 4.39 Å². The van der Waals surface area contributed by atoms with Crippen LogP contribution in [-0.4, -0.2) is 59.1 Å². The van der Waals surface area contributed by atoms with Crippen LogP contribution in [-0.2, 0) is 4.74 Å². The molecule has 0 fully saturated rings. The van der Waals surface area contributed by atoms with Crippen LogP contribution in [0.5, 0.6) is 0 Å². The number of aliphatic hydroxyl groups excluding tert-OH is 1. The van der Waals surface area contributed by atoms with Gasteiger partial charge in [-0.2, -0.15) is 5.10 Å². The van der Waals surface area contributed by atoms with Crippen LogP contribution in [0.15, 0.2) is 36.5 Å². The molecule has 6 nitrogen and oxygen atoms in total. The highest BCUT2D eigenvalue weighted by Gasteiger charge is 2.18. The number of hydrogen-bond donors (Lipinski definition) is 1. The highest BCUT2D eigenvalue weighted by Crippen LogP contribution is 2.12. The third-order valence-corrected chi connectivity index (χ3v) is 3.10. The molecule has 0 aliphatic rings. The zero-order chi connectivity index (χ0) is 16.1. The van der Waals surface area contributed by atoms with Crippen LogP contribution in [0.2, 0.25) is 0 Å². The van der Waals surface area contributed by atoms with Gasteiger partial charge in [0.05, 0.1) is 12.7 Å². The molecule has 1 unspecified atom stereocenters. The van der Waals surface area contributed by atoms with Crippen LogP contribution >= 0.6 is 0 Å². The summed E-state index contributed by atoms with van der Waals surface area (Å²) in [5.74, 6) is -0.779. The summed E-state index contributed by atoms with van der Waals surface area (Å²) in [4.78, 5) is 13.6. The van der Waals surface area contributed by atoms with Crippen molar-refractivity contribution in [2.75, 3.05) is 27.3 Å². The zero-order valence-corrected chi connectivity index (χ0v) is 12.4. The number of carbonyl (C=O) groups excluding carboxylic acids is 1. The van der Waals surface area contributed by atoms with Crippen molar-refractivity contribution in [1.82, 2.24) is 14.7 Å². The maximum atomic E-state index is 13.7. The Bertz CT molecular complexity index is 644. The Kier molecular flexibility index (Phi) is 5.24. The molecule has 0 saturated heterocycles. The molecule has 0 spiro atoms. The molecule has 118 valence electrons. The number of likely N-dealkylation sites (N-methyl/N-ethyl adjacent to an activating group) is 1. The molecule has 22 heavy (non-hydrogen) atoms. The normalized spacial score (nSPS) is 12.2. The summed E-state index contributed by atoms with van der Waals surface area (Å²) < 4.78 is 19.8. The van der Waals surface area contributed by atoms with Crippen molar-refractivity contribution in [2.24, 2.45) is 0 Å². The first kappa shape index (κ1) is 16.1. The fourth-order valence-corrected chi connectivity index (χ4v) is 2.05. The summed E-state index contributed by atoms with van der Waals surface area (Å²) >= 11 is 0. The van der Waals surface area contributed by atoms with Gasteiger partial charge in [-0.05, 0) is 18.2 Å². The first-order valence-electron chi connectivity index (χ1n) is 6.76. The number of nitrogens with zero attached hydrogens (tertiary/aromatic N) is 3. The largest absolute Gasteiger partial charge is 0.389 e. The molecule has 1 N–H and O–H groups in total. The summed E-state index contributed by atoms with van der Waals surface area (Å²) in [5, 5.41) is 13.7. The van der Waals surface area contributed by atoms with Crippen molar-refractivity contribution < 1.29 is 19.0 Å². The number of benzene rings is 1. The lowest BCUT2D eigenvalue weighted by Gasteiger charge is -2.19. The van der Waals surface area contributed by atoms with E-state index in [2.05, 4.69) is 5.10 Å². The first-order chi connectivity index (χ1) is 10.5. The summed E-state index contributed by atoms with van der Waals surface area (Å²) in [7, 11) is 3.03. The molecule has 1 atom stereocenters. The van der Waals surface area contributed by atoms with E-state index in [1.165, 1.54) is 35.0 Å². The van der Waals surface area contributed by atoms with Crippen molar-refractivity contribution in [3.63, 3.8) is 0 Å². The highest BCUT2D eigenvalue weighted by atomic mass is 19.1. The van der Waals surface area contributed by atoms with Crippen molar-refractivity contribution in [1.29, 1.82) is 0 Å². The number of methoxy groups -OCH3 is 1. The molecule has 1 amide bonds. The maximum absolute atomic E-state index is 13.7. The smallest absolute Gasteiger partial charge is 0.274 e. The molecule has 7 heteroatoms. The van der Waals surface area contributed by atoms with E-state index in [1.807, 2.05) is 0 Å². The molecule has 0 bridgehead atoms. The number of aliphatic hydroxyl groups is 1. The van der Waals surface area contributed by atoms with E-state index in [-0.39, 0.29) is 30.4 Å². The van der Waals surface area contributed by atoms with Gasteiger partial charge in [-0.3, -0.25) is 4.79 Å². The first-order valence-corrected chi connectivity index (χ1v) is 6.76. The highest BCUT2D eigenvalue weighted by molar-refractivity contribution is 5.92. The van der Waals surface area contributed by atoms with E-state index >= 15 is 0 Å². The SMILES string of the molecule is COCC(O)CN(C)C(=O)c1ccn(-c2ccccc2F)n1.